The van der Waals surface area contributed by atoms with Crippen LogP contribution in [0.2, 0.25) is 0 Å². The Morgan fingerprint density at radius 2 is 1.82 bits per heavy atom. The van der Waals surface area contributed by atoms with Crippen molar-refractivity contribution in [1.29, 1.82) is 0 Å². The molecule has 146 valence electrons. The van der Waals surface area contributed by atoms with Crippen LogP contribution in [-0.4, -0.2) is 38.2 Å². The van der Waals surface area contributed by atoms with Crippen LogP contribution in [0.1, 0.15) is 36.6 Å². The van der Waals surface area contributed by atoms with E-state index in [4.69, 9.17) is 0 Å². The zero-order chi connectivity index (χ0) is 19.3. The van der Waals surface area contributed by atoms with E-state index in [9.17, 15) is 14.4 Å². The van der Waals surface area contributed by atoms with Gasteiger partial charge in [-0.15, -0.1) is 0 Å². The van der Waals surface area contributed by atoms with Gasteiger partial charge in [0.05, 0.1) is 6.42 Å². The lowest BCUT2D eigenvalue weighted by atomic mass is 9.85. The van der Waals surface area contributed by atoms with E-state index in [1.54, 1.807) is 4.57 Å². The highest BCUT2D eigenvalue weighted by molar-refractivity contribution is 5.79. The summed E-state index contributed by atoms with van der Waals surface area (Å²) in [6.45, 7) is 2.22. The summed E-state index contributed by atoms with van der Waals surface area (Å²) in [7, 11) is 0. The number of benzene rings is 1. The largest absolute Gasteiger partial charge is 0.341 e. The number of hydrogen-bond acceptors (Lipinski definition) is 4. The van der Waals surface area contributed by atoms with Crippen LogP contribution in [0.3, 0.4) is 0 Å². The highest BCUT2D eigenvalue weighted by atomic mass is 16.2. The van der Waals surface area contributed by atoms with Crippen molar-refractivity contribution < 1.29 is 4.79 Å². The lowest BCUT2D eigenvalue weighted by Gasteiger charge is -2.25. The number of carbonyl (C=O) groups excluding carboxylic acids is 1. The van der Waals surface area contributed by atoms with Crippen LogP contribution in [0.15, 0.2) is 39.9 Å². The van der Waals surface area contributed by atoms with Crippen molar-refractivity contribution in [3.63, 3.8) is 0 Å². The summed E-state index contributed by atoms with van der Waals surface area (Å²) in [5.41, 5.74) is 0.0437. The third-order valence-electron chi connectivity index (χ3n) is 6.56. The van der Waals surface area contributed by atoms with Crippen molar-refractivity contribution >= 4 is 5.91 Å². The summed E-state index contributed by atoms with van der Waals surface area (Å²) >= 11 is 0. The Balaban J connectivity index is 1.36. The molecule has 7 nitrogen and oxygen atoms in total. The van der Waals surface area contributed by atoms with E-state index in [1.165, 1.54) is 11.1 Å². The minimum Gasteiger partial charge on any atom is -0.341 e. The molecule has 7 heteroatoms. The molecule has 5 rings (SSSR count). The fraction of sp³-hybridized carbons (Fsp3) is 0.524. The average molecular weight is 380 g/mol. The molecule has 0 radical (unpaired) electrons. The summed E-state index contributed by atoms with van der Waals surface area (Å²) in [5, 5.41) is 4.59. The molecule has 2 atom stereocenters. The number of amides is 1. The summed E-state index contributed by atoms with van der Waals surface area (Å²) in [6.07, 6.45) is 3.77. The van der Waals surface area contributed by atoms with E-state index in [-0.39, 0.29) is 17.7 Å². The first-order valence-electron chi connectivity index (χ1n) is 10.1. The highest BCUT2D eigenvalue weighted by Crippen LogP contribution is 2.37. The van der Waals surface area contributed by atoms with Gasteiger partial charge in [-0.25, -0.2) is 4.68 Å². The molecule has 0 spiro atoms. The predicted molar refractivity (Wildman–Crippen MR) is 103 cm³/mol. The van der Waals surface area contributed by atoms with Gasteiger partial charge in [0.25, 0.3) is 0 Å². The molecule has 1 aromatic heterocycles. The Morgan fingerprint density at radius 3 is 2.54 bits per heavy atom. The van der Waals surface area contributed by atoms with Gasteiger partial charge in [0.1, 0.15) is 5.82 Å². The second-order valence-corrected chi connectivity index (χ2v) is 8.39. The molecule has 2 aliphatic heterocycles. The molecule has 1 amide bonds. The number of nitrogens with zero attached hydrogens (tertiary/aromatic N) is 4. The van der Waals surface area contributed by atoms with Gasteiger partial charge in [0.15, 0.2) is 0 Å². The van der Waals surface area contributed by atoms with Gasteiger partial charge in [-0.1, -0.05) is 36.8 Å². The van der Waals surface area contributed by atoms with E-state index in [2.05, 4.69) is 5.10 Å². The molecule has 0 unspecified atom stereocenters. The Labute approximate surface area is 162 Å². The molecule has 2 aromatic rings. The van der Waals surface area contributed by atoms with Crippen molar-refractivity contribution in [3.05, 3.63) is 62.4 Å². The minimum absolute atomic E-state index is 0.0423. The normalized spacial score (nSPS) is 23.4. The summed E-state index contributed by atoms with van der Waals surface area (Å²) in [6, 6.07) is 9.75. The third-order valence-corrected chi connectivity index (χ3v) is 6.56. The lowest BCUT2D eigenvalue weighted by molar-refractivity contribution is -0.129. The molecule has 1 saturated heterocycles. The van der Waals surface area contributed by atoms with E-state index in [1.807, 2.05) is 35.2 Å². The second-order valence-electron chi connectivity index (χ2n) is 8.39. The molecule has 0 bridgehead atoms. The van der Waals surface area contributed by atoms with Crippen molar-refractivity contribution in [2.75, 3.05) is 13.1 Å². The summed E-state index contributed by atoms with van der Waals surface area (Å²) < 4.78 is 2.93. The van der Waals surface area contributed by atoms with E-state index >= 15 is 0 Å². The third kappa shape index (κ3) is 2.89. The summed E-state index contributed by atoms with van der Waals surface area (Å²) in [4.78, 5) is 39.6. The highest BCUT2D eigenvalue weighted by Gasteiger charge is 2.44. The van der Waals surface area contributed by atoms with E-state index < -0.39 is 11.1 Å². The molecular formula is C21H24N4O3. The fourth-order valence-corrected chi connectivity index (χ4v) is 4.72. The number of likely N-dealkylation sites (tertiary alicyclic amines) is 1. The molecule has 2 fully saturated rings. The first-order chi connectivity index (χ1) is 13.6. The van der Waals surface area contributed by atoms with Gasteiger partial charge >= 0.3 is 11.1 Å². The van der Waals surface area contributed by atoms with Crippen molar-refractivity contribution in [1.82, 2.24) is 19.2 Å². The monoisotopic (exact) mass is 380 g/mol. The zero-order valence-corrected chi connectivity index (χ0v) is 15.8. The molecule has 0 N–H and O–H groups in total. The SMILES string of the molecule is O=C(Cc1ccccc1)N1C[C@H]2Cn3c(nn(CC4CCC4)c(=O)c3=O)[C@@H]2C1. The van der Waals surface area contributed by atoms with Crippen LogP contribution >= 0.6 is 0 Å². The number of rotatable bonds is 4. The first-order valence-corrected chi connectivity index (χ1v) is 10.1. The van der Waals surface area contributed by atoms with Crippen molar-refractivity contribution in [2.24, 2.45) is 11.8 Å². The standard InChI is InChI=1S/C21H24N4O3/c26-18(9-14-5-2-1-3-6-14)23-11-16-12-24-19(17(16)13-23)22-25(21(28)20(24)27)10-15-7-4-8-15/h1-3,5-6,15-17H,4,7-13H2/t16-,17+/m0/s1. The average Bonchev–Trinajstić information content (AvgIpc) is 3.21. The Kier molecular flexibility index (Phi) is 4.18. The first kappa shape index (κ1) is 17.4. The lowest BCUT2D eigenvalue weighted by Crippen LogP contribution is -2.45. The minimum atomic E-state index is -0.507. The number of carbonyl (C=O) groups is 1. The maximum absolute atomic E-state index is 12.7. The Morgan fingerprint density at radius 1 is 1.04 bits per heavy atom. The smallest absolute Gasteiger partial charge is 0.332 e. The van der Waals surface area contributed by atoms with E-state index in [0.29, 0.717) is 44.3 Å². The van der Waals surface area contributed by atoms with Gasteiger partial charge < -0.3 is 4.90 Å². The van der Waals surface area contributed by atoms with Crippen molar-refractivity contribution in [3.8, 4) is 0 Å². The molecular weight excluding hydrogens is 356 g/mol. The van der Waals surface area contributed by atoms with Gasteiger partial charge in [-0.05, 0) is 24.3 Å². The number of fused-ring (bicyclic) bond motifs is 3. The van der Waals surface area contributed by atoms with Crippen LogP contribution in [0, 0.1) is 11.8 Å². The van der Waals surface area contributed by atoms with E-state index in [0.717, 1.165) is 18.4 Å². The Bertz CT molecular complexity index is 1020. The topological polar surface area (TPSA) is 77.2 Å². The van der Waals surface area contributed by atoms with Gasteiger partial charge in [0.2, 0.25) is 5.91 Å². The maximum Gasteiger partial charge on any atom is 0.332 e. The van der Waals surface area contributed by atoms with Crippen LogP contribution in [0.4, 0.5) is 0 Å². The molecule has 1 saturated carbocycles. The van der Waals surface area contributed by atoms with Crippen LogP contribution < -0.4 is 11.1 Å². The van der Waals surface area contributed by atoms with Crippen LogP contribution in [0.25, 0.3) is 0 Å². The van der Waals surface area contributed by atoms with Gasteiger partial charge in [0, 0.05) is 38.0 Å². The predicted octanol–water partition coefficient (Wildman–Crippen LogP) is 1.00. The van der Waals surface area contributed by atoms with Crippen molar-refractivity contribution in [2.45, 2.75) is 44.7 Å². The van der Waals surface area contributed by atoms with Gasteiger partial charge in [-0.2, -0.15) is 5.10 Å². The second kappa shape index (κ2) is 6.72. The number of hydrogen-bond donors (Lipinski definition) is 0. The maximum atomic E-state index is 12.7. The molecule has 3 aliphatic rings. The zero-order valence-electron chi connectivity index (χ0n) is 15.8. The van der Waals surface area contributed by atoms with Crippen LogP contribution in [0.5, 0.6) is 0 Å². The molecule has 1 aromatic carbocycles. The van der Waals surface area contributed by atoms with Gasteiger partial charge in [-0.3, -0.25) is 19.0 Å². The quantitative estimate of drug-likeness (QED) is 0.742. The molecule has 28 heavy (non-hydrogen) atoms. The fourth-order valence-electron chi connectivity index (χ4n) is 4.72. The van der Waals surface area contributed by atoms with Crippen LogP contribution in [-0.2, 0) is 24.3 Å². The Hall–Kier alpha value is -2.70. The molecule has 3 heterocycles. The number of aromatic nitrogens is 3. The summed E-state index contributed by atoms with van der Waals surface area (Å²) in [5.74, 6) is 1.46. The molecule has 1 aliphatic carbocycles.